The second-order valence-corrected chi connectivity index (χ2v) is 9.06. The van der Waals surface area contributed by atoms with E-state index in [2.05, 4.69) is 10.0 Å². The molecular weight excluding hydrogens is 300 g/mol. The molecule has 0 bridgehead atoms. The van der Waals surface area contributed by atoms with Crippen molar-refractivity contribution < 1.29 is 8.42 Å². The first kappa shape index (κ1) is 15.3. The molecule has 1 saturated heterocycles. The van der Waals surface area contributed by atoms with E-state index >= 15 is 0 Å². The van der Waals surface area contributed by atoms with Gasteiger partial charge < -0.3 is 5.32 Å². The zero-order valence-electron chi connectivity index (χ0n) is 11.2. The fourth-order valence-corrected chi connectivity index (χ4v) is 6.05. The molecule has 1 fully saturated rings. The Kier molecular flexibility index (Phi) is 5.30. The summed E-state index contributed by atoms with van der Waals surface area (Å²) in [4.78, 5) is 1.08. The summed E-state index contributed by atoms with van der Waals surface area (Å²) < 4.78 is 27.6. The first-order valence-corrected chi connectivity index (χ1v) is 9.79. The van der Waals surface area contributed by atoms with Crippen molar-refractivity contribution in [3.63, 3.8) is 0 Å². The second-order valence-electron chi connectivity index (χ2n) is 4.78. The van der Waals surface area contributed by atoms with Gasteiger partial charge in [0.1, 0.15) is 4.21 Å². The van der Waals surface area contributed by atoms with E-state index in [1.807, 2.05) is 25.7 Å². The summed E-state index contributed by atoms with van der Waals surface area (Å²) in [6, 6.07) is 1.77. The predicted molar refractivity (Wildman–Crippen MR) is 82.4 cm³/mol. The Morgan fingerprint density at radius 1 is 1.47 bits per heavy atom. The predicted octanol–water partition coefficient (Wildman–Crippen LogP) is 1.81. The SMILES string of the molecule is CNCc1sc(S(=O)(=O)NCC2CCSC2)cc1C. The molecule has 0 aromatic carbocycles. The van der Waals surface area contributed by atoms with Crippen LogP contribution in [0.3, 0.4) is 0 Å². The van der Waals surface area contributed by atoms with Crippen molar-refractivity contribution in [1.29, 1.82) is 0 Å². The van der Waals surface area contributed by atoms with Crippen LogP contribution in [0.25, 0.3) is 0 Å². The van der Waals surface area contributed by atoms with E-state index in [9.17, 15) is 8.42 Å². The van der Waals surface area contributed by atoms with Crippen molar-refractivity contribution >= 4 is 33.1 Å². The number of hydrogen-bond donors (Lipinski definition) is 2. The monoisotopic (exact) mass is 320 g/mol. The minimum absolute atomic E-state index is 0.431. The molecular formula is C12H20N2O2S3. The molecule has 0 aliphatic carbocycles. The molecule has 1 unspecified atom stereocenters. The van der Waals surface area contributed by atoms with E-state index in [4.69, 9.17) is 0 Å². The number of thiophene rings is 1. The molecule has 108 valence electrons. The van der Waals surface area contributed by atoms with Crippen LogP contribution < -0.4 is 10.0 Å². The van der Waals surface area contributed by atoms with Crippen molar-refractivity contribution in [3.05, 3.63) is 16.5 Å². The maximum atomic E-state index is 12.2. The lowest BCUT2D eigenvalue weighted by Crippen LogP contribution is -2.28. The molecule has 1 aliphatic heterocycles. The molecule has 0 spiro atoms. The fraction of sp³-hybridized carbons (Fsp3) is 0.667. The molecule has 1 aliphatic rings. The number of hydrogen-bond acceptors (Lipinski definition) is 5. The largest absolute Gasteiger partial charge is 0.315 e. The lowest BCUT2D eigenvalue weighted by atomic mass is 10.1. The number of sulfonamides is 1. The van der Waals surface area contributed by atoms with Gasteiger partial charge in [-0.1, -0.05) is 0 Å². The standard InChI is InChI=1S/C12H20N2O2S3/c1-9-5-12(18-11(9)7-13-2)19(15,16)14-6-10-3-4-17-8-10/h5,10,13-14H,3-4,6-8H2,1-2H3. The lowest BCUT2D eigenvalue weighted by Gasteiger charge is -2.09. The highest BCUT2D eigenvalue weighted by molar-refractivity contribution is 7.99. The highest BCUT2D eigenvalue weighted by Gasteiger charge is 2.22. The molecule has 4 nitrogen and oxygen atoms in total. The zero-order chi connectivity index (χ0) is 13.9. The van der Waals surface area contributed by atoms with Gasteiger partial charge in [-0.15, -0.1) is 11.3 Å². The van der Waals surface area contributed by atoms with Crippen LogP contribution in [0.1, 0.15) is 16.9 Å². The molecule has 2 N–H and O–H groups in total. The zero-order valence-corrected chi connectivity index (χ0v) is 13.7. The first-order valence-electron chi connectivity index (χ1n) is 6.34. The summed E-state index contributed by atoms with van der Waals surface area (Å²) in [6.07, 6.45) is 1.11. The van der Waals surface area contributed by atoms with Crippen LogP contribution in [0.5, 0.6) is 0 Å². The molecule has 0 amide bonds. The van der Waals surface area contributed by atoms with Crippen LogP contribution in [0, 0.1) is 12.8 Å². The Hall–Kier alpha value is -0.0800. The van der Waals surface area contributed by atoms with Crippen LogP contribution in [-0.2, 0) is 16.6 Å². The van der Waals surface area contributed by atoms with Gasteiger partial charge in [0, 0.05) is 18.0 Å². The molecule has 7 heteroatoms. The molecule has 1 aromatic heterocycles. The Morgan fingerprint density at radius 2 is 2.26 bits per heavy atom. The van der Waals surface area contributed by atoms with E-state index in [1.165, 1.54) is 11.3 Å². The van der Waals surface area contributed by atoms with Gasteiger partial charge in [-0.25, -0.2) is 13.1 Å². The quantitative estimate of drug-likeness (QED) is 0.839. The van der Waals surface area contributed by atoms with Crippen LogP contribution in [0.2, 0.25) is 0 Å². The van der Waals surface area contributed by atoms with Crippen molar-refractivity contribution in [1.82, 2.24) is 10.0 Å². The molecule has 0 saturated carbocycles. The Balaban J connectivity index is 2.03. The first-order chi connectivity index (χ1) is 9.03. The third-order valence-electron chi connectivity index (χ3n) is 3.19. The molecule has 0 radical (unpaired) electrons. The van der Waals surface area contributed by atoms with E-state index in [1.54, 1.807) is 6.07 Å². The van der Waals surface area contributed by atoms with Gasteiger partial charge >= 0.3 is 0 Å². The van der Waals surface area contributed by atoms with Crippen LogP contribution in [0.4, 0.5) is 0 Å². The number of rotatable bonds is 6. The summed E-state index contributed by atoms with van der Waals surface area (Å²) in [7, 11) is -1.47. The smallest absolute Gasteiger partial charge is 0.250 e. The lowest BCUT2D eigenvalue weighted by molar-refractivity contribution is 0.547. The molecule has 2 rings (SSSR count). The summed E-state index contributed by atoms with van der Waals surface area (Å²) in [5.41, 5.74) is 1.04. The summed E-state index contributed by atoms with van der Waals surface area (Å²) in [5, 5.41) is 3.06. The maximum absolute atomic E-state index is 12.2. The average molecular weight is 321 g/mol. The fourth-order valence-electron chi connectivity index (χ4n) is 2.00. The number of thioether (sulfide) groups is 1. The topological polar surface area (TPSA) is 58.2 Å². The third-order valence-corrected chi connectivity index (χ3v) is 7.55. The van der Waals surface area contributed by atoms with E-state index in [0.717, 1.165) is 28.4 Å². The highest BCUT2D eigenvalue weighted by Crippen LogP contribution is 2.27. The normalized spacial score (nSPS) is 20.0. The summed E-state index contributed by atoms with van der Waals surface area (Å²) in [6.45, 7) is 3.23. The average Bonchev–Trinajstić information content (AvgIpc) is 2.98. The van der Waals surface area contributed by atoms with Gasteiger partial charge in [0.05, 0.1) is 0 Å². The van der Waals surface area contributed by atoms with E-state index in [0.29, 0.717) is 23.2 Å². The number of aryl methyl sites for hydroxylation is 1. The minimum atomic E-state index is -3.34. The Labute approximate surface area is 123 Å². The van der Waals surface area contributed by atoms with Gasteiger partial charge in [-0.2, -0.15) is 11.8 Å². The Bertz CT molecular complexity index is 519. The summed E-state index contributed by atoms with van der Waals surface area (Å²) >= 11 is 3.26. The van der Waals surface area contributed by atoms with Crippen molar-refractivity contribution in [2.75, 3.05) is 25.1 Å². The van der Waals surface area contributed by atoms with Crippen molar-refractivity contribution in [3.8, 4) is 0 Å². The Morgan fingerprint density at radius 3 is 2.89 bits per heavy atom. The molecule has 2 heterocycles. The van der Waals surface area contributed by atoms with E-state index in [-0.39, 0.29) is 0 Å². The van der Waals surface area contributed by atoms with Crippen LogP contribution in [0.15, 0.2) is 10.3 Å². The minimum Gasteiger partial charge on any atom is -0.315 e. The molecule has 1 aromatic rings. The maximum Gasteiger partial charge on any atom is 0.250 e. The van der Waals surface area contributed by atoms with Gasteiger partial charge in [0.25, 0.3) is 0 Å². The van der Waals surface area contributed by atoms with Crippen molar-refractivity contribution in [2.24, 2.45) is 5.92 Å². The van der Waals surface area contributed by atoms with Gasteiger partial charge in [0.2, 0.25) is 10.0 Å². The second kappa shape index (κ2) is 6.58. The van der Waals surface area contributed by atoms with Gasteiger partial charge in [-0.05, 0) is 49.4 Å². The molecule has 19 heavy (non-hydrogen) atoms. The van der Waals surface area contributed by atoms with Gasteiger partial charge in [-0.3, -0.25) is 0 Å². The summed E-state index contributed by atoms with van der Waals surface area (Å²) in [5.74, 6) is 2.70. The highest BCUT2D eigenvalue weighted by atomic mass is 32.2. The van der Waals surface area contributed by atoms with Crippen molar-refractivity contribution in [2.45, 2.75) is 24.1 Å². The third kappa shape index (κ3) is 3.95. The van der Waals surface area contributed by atoms with E-state index < -0.39 is 10.0 Å². The number of nitrogens with one attached hydrogen (secondary N) is 2. The molecule has 1 atom stereocenters. The van der Waals surface area contributed by atoms with Gasteiger partial charge in [0.15, 0.2) is 0 Å². The van der Waals surface area contributed by atoms with Crippen LogP contribution in [-0.4, -0.2) is 33.5 Å². The van der Waals surface area contributed by atoms with Crippen LogP contribution >= 0.6 is 23.1 Å².